The van der Waals surface area contributed by atoms with Gasteiger partial charge >= 0.3 is 0 Å². The maximum Gasteiger partial charge on any atom is 0.149 e. The Morgan fingerprint density at radius 3 is 2.22 bits per heavy atom. The summed E-state index contributed by atoms with van der Waals surface area (Å²) in [6, 6.07) is 2.72. The van der Waals surface area contributed by atoms with Crippen molar-refractivity contribution in [3.63, 3.8) is 0 Å². The van der Waals surface area contributed by atoms with E-state index in [2.05, 4.69) is 21.2 Å². The Kier molecular flexibility index (Phi) is 4.98. The van der Waals surface area contributed by atoms with Crippen LogP contribution in [0.2, 0.25) is 0 Å². The molecule has 0 radical (unpaired) electrons. The average molecular weight is 318 g/mol. The lowest BCUT2D eigenvalue weighted by Gasteiger charge is -2.22. The molecule has 1 N–H and O–H groups in total. The van der Waals surface area contributed by atoms with Gasteiger partial charge in [0.2, 0.25) is 0 Å². The zero-order valence-corrected chi connectivity index (χ0v) is 11.9. The number of hydrogen-bond donors (Lipinski definition) is 1. The Bertz CT molecular complexity index is 401. The van der Waals surface area contributed by atoms with Crippen LogP contribution in [0.15, 0.2) is 16.6 Å². The molecule has 100 valence electrons. The molecule has 0 saturated heterocycles. The second kappa shape index (κ2) is 6.50. The lowest BCUT2D eigenvalue weighted by atomic mass is 9.96. The van der Waals surface area contributed by atoms with Gasteiger partial charge in [0.05, 0.1) is 10.2 Å². The summed E-state index contributed by atoms with van der Waals surface area (Å²) in [5, 5.41) is 3.21. The van der Waals surface area contributed by atoms with E-state index in [0.717, 1.165) is 18.9 Å². The van der Waals surface area contributed by atoms with Crippen molar-refractivity contribution in [3.05, 3.63) is 28.2 Å². The highest BCUT2D eigenvalue weighted by Crippen LogP contribution is 2.26. The van der Waals surface area contributed by atoms with Gasteiger partial charge in [-0.2, -0.15) is 0 Å². The van der Waals surface area contributed by atoms with Crippen LogP contribution in [0.25, 0.3) is 0 Å². The zero-order chi connectivity index (χ0) is 13.0. The molecule has 0 atom stereocenters. The molecule has 0 heterocycles. The molecule has 0 amide bonds. The smallest absolute Gasteiger partial charge is 0.149 e. The minimum absolute atomic E-state index is 0.303. The van der Waals surface area contributed by atoms with Gasteiger partial charge in [-0.25, -0.2) is 8.78 Å². The quantitative estimate of drug-likeness (QED) is 0.734. The van der Waals surface area contributed by atoms with Gasteiger partial charge in [-0.1, -0.05) is 32.1 Å². The third kappa shape index (κ3) is 3.67. The molecule has 18 heavy (non-hydrogen) atoms. The van der Waals surface area contributed by atoms with E-state index in [1.807, 2.05) is 0 Å². The lowest BCUT2D eigenvalue weighted by molar-refractivity contribution is 0.469. The molecule has 0 aromatic heterocycles. The Labute approximate surface area is 115 Å². The van der Waals surface area contributed by atoms with Crippen molar-refractivity contribution < 1.29 is 8.78 Å². The first-order valence-corrected chi connectivity index (χ1v) is 7.37. The summed E-state index contributed by atoms with van der Waals surface area (Å²) >= 11 is 3.09. The van der Waals surface area contributed by atoms with E-state index < -0.39 is 11.6 Å². The number of halogens is 3. The first-order valence-electron chi connectivity index (χ1n) is 6.58. The molecule has 2 rings (SSSR count). The standard InChI is InChI=1S/C14H18BrF2N/c15-11-8-14(13(17)9-12(11)16)18-10-6-4-2-1-3-5-7-10/h8-10,18H,1-7H2. The van der Waals surface area contributed by atoms with Crippen LogP contribution in [0.1, 0.15) is 44.9 Å². The molecule has 1 aliphatic carbocycles. The highest BCUT2D eigenvalue weighted by molar-refractivity contribution is 9.10. The van der Waals surface area contributed by atoms with Crippen molar-refractivity contribution in [3.8, 4) is 0 Å². The summed E-state index contributed by atoms with van der Waals surface area (Å²) in [6.07, 6.45) is 8.32. The number of rotatable bonds is 2. The van der Waals surface area contributed by atoms with E-state index in [9.17, 15) is 8.78 Å². The van der Waals surface area contributed by atoms with Gasteiger partial charge in [0.1, 0.15) is 11.6 Å². The van der Waals surface area contributed by atoms with E-state index >= 15 is 0 Å². The maximum absolute atomic E-state index is 13.6. The highest BCUT2D eigenvalue weighted by Gasteiger charge is 2.14. The average Bonchev–Trinajstić information content (AvgIpc) is 2.29. The molecule has 0 unspecified atom stereocenters. The van der Waals surface area contributed by atoms with Crippen LogP contribution in [0.3, 0.4) is 0 Å². The molecular formula is C14H18BrF2N. The number of anilines is 1. The molecule has 1 saturated carbocycles. The first kappa shape index (κ1) is 13.8. The SMILES string of the molecule is Fc1cc(F)c(NC2CCCCCCC2)cc1Br. The Balaban J connectivity index is 2.05. The lowest BCUT2D eigenvalue weighted by Crippen LogP contribution is -2.21. The van der Waals surface area contributed by atoms with Gasteiger partial charge in [-0.05, 0) is 34.8 Å². The molecule has 0 bridgehead atoms. The van der Waals surface area contributed by atoms with Crippen LogP contribution < -0.4 is 5.32 Å². The van der Waals surface area contributed by atoms with Gasteiger partial charge in [0, 0.05) is 12.1 Å². The van der Waals surface area contributed by atoms with Crippen LogP contribution in [0.5, 0.6) is 0 Å². The maximum atomic E-state index is 13.6. The van der Waals surface area contributed by atoms with Gasteiger partial charge in [0.25, 0.3) is 0 Å². The van der Waals surface area contributed by atoms with Crippen LogP contribution in [0, 0.1) is 11.6 Å². The molecule has 1 aromatic rings. The molecule has 0 aliphatic heterocycles. The van der Waals surface area contributed by atoms with Crippen molar-refractivity contribution in [2.45, 2.75) is 51.0 Å². The summed E-state index contributed by atoms with van der Waals surface area (Å²) in [6.45, 7) is 0. The molecule has 4 heteroatoms. The first-order chi connectivity index (χ1) is 8.66. The van der Waals surface area contributed by atoms with Crippen LogP contribution in [-0.2, 0) is 0 Å². The topological polar surface area (TPSA) is 12.0 Å². The van der Waals surface area contributed by atoms with Crippen molar-refractivity contribution in [1.82, 2.24) is 0 Å². The summed E-state index contributed by atoms with van der Waals surface area (Å²) in [4.78, 5) is 0. The van der Waals surface area contributed by atoms with E-state index in [1.54, 1.807) is 0 Å². The number of hydrogen-bond acceptors (Lipinski definition) is 1. The summed E-state index contributed by atoms with van der Waals surface area (Å²) < 4.78 is 27.1. The third-order valence-electron chi connectivity index (χ3n) is 3.47. The normalized spacial score (nSPS) is 18.2. The Hall–Kier alpha value is -0.640. The van der Waals surface area contributed by atoms with Gasteiger partial charge in [-0.15, -0.1) is 0 Å². The van der Waals surface area contributed by atoms with Crippen LogP contribution >= 0.6 is 15.9 Å². The van der Waals surface area contributed by atoms with Gasteiger partial charge in [-0.3, -0.25) is 0 Å². The van der Waals surface area contributed by atoms with Crippen molar-refractivity contribution >= 4 is 21.6 Å². The molecular weight excluding hydrogens is 300 g/mol. The molecule has 0 spiro atoms. The number of benzene rings is 1. The second-order valence-electron chi connectivity index (χ2n) is 4.93. The van der Waals surface area contributed by atoms with Crippen molar-refractivity contribution in [1.29, 1.82) is 0 Å². The van der Waals surface area contributed by atoms with Crippen LogP contribution in [-0.4, -0.2) is 6.04 Å². The monoisotopic (exact) mass is 317 g/mol. The summed E-state index contributed by atoms with van der Waals surface area (Å²) in [5.74, 6) is -1.08. The Morgan fingerprint density at radius 1 is 0.944 bits per heavy atom. The minimum Gasteiger partial charge on any atom is -0.380 e. The molecule has 1 nitrogen and oxygen atoms in total. The van der Waals surface area contributed by atoms with Gasteiger partial charge in [0.15, 0.2) is 0 Å². The largest absolute Gasteiger partial charge is 0.380 e. The van der Waals surface area contributed by atoms with E-state index in [1.165, 1.54) is 38.2 Å². The Morgan fingerprint density at radius 2 is 1.56 bits per heavy atom. The predicted molar refractivity (Wildman–Crippen MR) is 73.8 cm³/mol. The van der Waals surface area contributed by atoms with Crippen molar-refractivity contribution in [2.24, 2.45) is 0 Å². The third-order valence-corrected chi connectivity index (χ3v) is 4.08. The zero-order valence-electron chi connectivity index (χ0n) is 10.3. The van der Waals surface area contributed by atoms with Gasteiger partial charge < -0.3 is 5.32 Å². The van der Waals surface area contributed by atoms with E-state index in [-0.39, 0.29) is 0 Å². The second-order valence-corrected chi connectivity index (χ2v) is 5.79. The van der Waals surface area contributed by atoms with Crippen molar-refractivity contribution in [2.75, 3.05) is 5.32 Å². The molecule has 1 fully saturated rings. The summed E-state index contributed by atoms with van der Waals surface area (Å²) in [7, 11) is 0. The number of nitrogens with one attached hydrogen (secondary N) is 1. The van der Waals surface area contributed by atoms with Crippen LogP contribution in [0.4, 0.5) is 14.5 Å². The summed E-state index contributed by atoms with van der Waals surface area (Å²) in [5.41, 5.74) is 0.397. The molecule has 1 aromatic carbocycles. The minimum atomic E-state index is -0.560. The van der Waals surface area contributed by atoms with E-state index in [4.69, 9.17) is 0 Å². The highest BCUT2D eigenvalue weighted by atomic mass is 79.9. The predicted octanol–water partition coefficient (Wildman–Crippen LogP) is 5.25. The van der Waals surface area contributed by atoms with E-state index in [0.29, 0.717) is 16.2 Å². The molecule has 1 aliphatic rings. The fourth-order valence-corrected chi connectivity index (χ4v) is 2.80. The fourth-order valence-electron chi connectivity index (χ4n) is 2.45. The fraction of sp³-hybridized carbons (Fsp3) is 0.571.